The molecule has 35 heavy (non-hydrogen) atoms. The highest BCUT2D eigenvalue weighted by Gasteiger charge is 2.35. The topological polar surface area (TPSA) is 82.0 Å². The highest BCUT2D eigenvalue weighted by Crippen LogP contribution is 2.41. The Morgan fingerprint density at radius 3 is 2.26 bits per heavy atom. The summed E-state index contributed by atoms with van der Waals surface area (Å²) in [6.07, 6.45) is 0. The predicted molar refractivity (Wildman–Crippen MR) is 136 cm³/mol. The smallest absolute Gasteiger partial charge is 0.254 e. The molecule has 0 aromatic heterocycles. The summed E-state index contributed by atoms with van der Waals surface area (Å²) in [6.45, 7) is 1.75. The molecule has 0 saturated heterocycles. The van der Waals surface area contributed by atoms with Crippen LogP contribution in [0.5, 0.6) is 0 Å². The number of ketones is 1. The molecule has 0 spiro atoms. The third kappa shape index (κ3) is 5.51. The number of nitriles is 1. The van der Waals surface area contributed by atoms with Gasteiger partial charge in [-0.2, -0.15) is 5.26 Å². The van der Waals surface area contributed by atoms with Crippen LogP contribution in [0.4, 0.5) is 10.1 Å². The van der Waals surface area contributed by atoms with E-state index in [1.807, 2.05) is 24.3 Å². The number of para-hydroxylation sites is 1. The summed E-state index contributed by atoms with van der Waals surface area (Å²) >= 11 is 1.21. The zero-order valence-corrected chi connectivity index (χ0v) is 19.7. The van der Waals surface area contributed by atoms with Crippen LogP contribution in [0.2, 0.25) is 0 Å². The first kappa shape index (κ1) is 24.0. The molecule has 5 nitrogen and oxygen atoms in total. The average molecular weight is 484 g/mol. The van der Waals surface area contributed by atoms with Gasteiger partial charge in [0.1, 0.15) is 5.82 Å². The molecule has 1 amide bonds. The number of allylic oxidation sites excluding steroid dienone is 2. The van der Waals surface area contributed by atoms with E-state index in [1.165, 1.54) is 23.9 Å². The van der Waals surface area contributed by atoms with Crippen molar-refractivity contribution in [2.75, 3.05) is 11.1 Å². The average Bonchev–Trinajstić information content (AvgIpc) is 2.88. The van der Waals surface area contributed by atoms with Crippen LogP contribution in [0, 0.1) is 17.1 Å². The number of carbonyl (C=O) groups is 2. The minimum atomic E-state index is -0.722. The summed E-state index contributed by atoms with van der Waals surface area (Å²) in [5, 5.41) is 16.7. The summed E-state index contributed by atoms with van der Waals surface area (Å²) in [5.41, 5.74) is 3.02. The maximum atomic E-state index is 13.7. The molecule has 1 heterocycles. The molecule has 3 aromatic carbocycles. The second kappa shape index (κ2) is 10.9. The van der Waals surface area contributed by atoms with Gasteiger partial charge in [-0.05, 0) is 36.8 Å². The van der Waals surface area contributed by atoms with Gasteiger partial charge in [0.05, 0.1) is 28.3 Å². The molecule has 4 rings (SSSR count). The number of amides is 1. The Labute approximate surface area is 207 Å². The fraction of sp³-hybridized carbons (Fsp3) is 0.107. The summed E-state index contributed by atoms with van der Waals surface area (Å²) in [7, 11) is 0. The minimum Gasteiger partial charge on any atom is -0.353 e. The van der Waals surface area contributed by atoms with E-state index in [9.17, 15) is 19.2 Å². The van der Waals surface area contributed by atoms with E-state index in [0.717, 1.165) is 0 Å². The minimum absolute atomic E-state index is 0.0743. The maximum Gasteiger partial charge on any atom is 0.254 e. The van der Waals surface area contributed by atoms with Gasteiger partial charge in [0.15, 0.2) is 5.78 Å². The van der Waals surface area contributed by atoms with Gasteiger partial charge in [-0.3, -0.25) is 9.59 Å². The quantitative estimate of drug-likeness (QED) is 0.417. The maximum absolute atomic E-state index is 13.7. The Hall–Kier alpha value is -4.15. The summed E-state index contributed by atoms with van der Waals surface area (Å²) < 4.78 is 13.7. The fourth-order valence-electron chi connectivity index (χ4n) is 3.88. The number of thioether (sulfide) groups is 1. The van der Waals surface area contributed by atoms with E-state index in [-0.39, 0.29) is 17.4 Å². The zero-order valence-electron chi connectivity index (χ0n) is 18.9. The van der Waals surface area contributed by atoms with Gasteiger partial charge in [0.2, 0.25) is 0 Å². The second-order valence-electron chi connectivity index (χ2n) is 7.90. The number of rotatable bonds is 7. The molecular formula is C28H22FN3O2S. The molecule has 0 bridgehead atoms. The van der Waals surface area contributed by atoms with Crippen LogP contribution in [0.1, 0.15) is 28.8 Å². The van der Waals surface area contributed by atoms with Crippen molar-refractivity contribution in [1.29, 1.82) is 5.26 Å². The molecular weight excluding hydrogens is 461 g/mol. The number of hydrogen-bond donors (Lipinski definition) is 2. The number of halogens is 1. The molecule has 1 unspecified atom stereocenters. The van der Waals surface area contributed by atoms with Crippen molar-refractivity contribution in [2.45, 2.75) is 12.8 Å². The van der Waals surface area contributed by atoms with Crippen LogP contribution >= 0.6 is 11.8 Å². The van der Waals surface area contributed by atoms with Crippen molar-refractivity contribution in [3.05, 3.63) is 124 Å². The van der Waals surface area contributed by atoms with Gasteiger partial charge >= 0.3 is 0 Å². The fourth-order valence-corrected chi connectivity index (χ4v) is 4.87. The highest BCUT2D eigenvalue weighted by molar-refractivity contribution is 8.03. The number of hydrogen-bond acceptors (Lipinski definition) is 5. The van der Waals surface area contributed by atoms with Crippen molar-refractivity contribution < 1.29 is 14.0 Å². The van der Waals surface area contributed by atoms with Gasteiger partial charge in [0.25, 0.3) is 5.91 Å². The van der Waals surface area contributed by atoms with Gasteiger partial charge in [-0.25, -0.2) is 4.39 Å². The lowest BCUT2D eigenvalue weighted by Gasteiger charge is -2.30. The third-order valence-corrected chi connectivity index (χ3v) is 6.59. The predicted octanol–water partition coefficient (Wildman–Crippen LogP) is 5.78. The summed E-state index contributed by atoms with van der Waals surface area (Å²) in [6, 6.07) is 25.9. The van der Waals surface area contributed by atoms with Crippen LogP contribution in [0.15, 0.2) is 107 Å². The van der Waals surface area contributed by atoms with E-state index < -0.39 is 11.7 Å². The monoisotopic (exact) mass is 483 g/mol. The van der Waals surface area contributed by atoms with E-state index in [2.05, 4.69) is 16.7 Å². The Bertz CT molecular complexity index is 1340. The number of anilines is 1. The van der Waals surface area contributed by atoms with Crippen molar-refractivity contribution in [1.82, 2.24) is 5.32 Å². The van der Waals surface area contributed by atoms with E-state index in [0.29, 0.717) is 38.7 Å². The molecule has 2 N–H and O–H groups in total. The van der Waals surface area contributed by atoms with Gasteiger partial charge in [-0.15, -0.1) is 0 Å². The number of Topliss-reactive ketones (excluding diaryl/α,β-unsaturated/α-hetero) is 1. The number of benzene rings is 3. The number of dihydropyridines is 1. The molecule has 1 atom stereocenters. The van der Waals surface area contributed by atoms with Crippen molar-refractivity contribution in [3.8, 4) is 6.07 Å². The van der Waals surface area contributed by atoms with Crippen LogP contribution in [0.25, 0.3) is 0 Å². The van der Waals surface area contributed by atoms with E-state index in [4.69, 9.17) is 0 Å². The Morgan fingerprint density at radius 1 is 1.00 bits per heavy atom. The van der Waals surface area contributed by atoms with Crippen molar-refractivity contribution >= 4 is 29.1 Å². The molecule has 0 fully saturated rings. The number of nitrogens with one attached hydrogen (secondary N) is 2. The molecule has 7 heteroatoms. The molecule has 3 aromatic rings. The van der Waals surface area contributed by atoms with Crippen molar-refractivity contribution in [3.63, 3.8) is 0 Å². The zero-order chi connectivity index (χ0) is 24.8. The first-order chi connectivity index (χ1) is 17.0. The highest BCUT2D eigenvalue weighted by atomic mass is 32.2. The lowest BCUT2D eigenvalue weighted by molar-refractivity contribution is -0.113. The molecule has 0 saturated carbocycles. The van der Waals surface area contributed by atoms with Crippen molar-refractivity contribution in [2.24, 2.45) is 0 Å². The lowest BCUT2D eigenvalue weighted by Crippen LogP contribution is -2.31. The standard InChI is InChI=1S/C28H22FN3O2S/c1-18-25(27(34)32-22-10-6-3-7-11-22)26(20-12-14-21(29)15-13-20)23(16-30)28(31-18)35-17-24(33)19-8-4-2-5-9-19/h2-15,26,31H,17H2,1H3,(H,32,34). The molecule has 0 aliphatic carbocycles. The summed E-state index contributed by atoms with van der Waals surface area (Å²) in [4.78, 5) is 26.0. The van der Waals surface area contributed by atoms with E-state index in [1.54, 1.807) is 55.5 Å². The Kier molecular flexibility index (Phi) is 7.44. The second-order valence-corrected chi connectivity index (χ2v) is 8.89. The lowest BCUT2D eigenvalue weighted by atomic mass is 9.82. The number of nitrogens with zero attached hydrogens (tertiary/aromatic N) is 1. The molecule has 1 aliphatic heterocycles. The SMILES string of the molecule is CC1=C(C(=O)Nc2ccccc2)C(c2ccc(F)cc2)C(C#N)=C(SCC(=O)c2ccccc2)N1. The van der Waals surface area contributed by atoms with Gasteiger partial charge < -0.3 is 10.6 Å². The van der Waals surface area contributed by atoms with Gasteiger partial charge in [-0.1, -0.05) is 72.4 Å². The molecule has 174 valence electrons. The van der Waals surface area contributed by atoms with Crippen LogP contribution < -0.4 is 10.6 Å². The first-order valence-electron chi connectivity index (χ1n) is 10.9. The third-order valence-electron chi connectivity index (χ3n) is 5.57. The molecule has 0 radical (unpaired) electrons. The summed E-state index contributed by atoms with van der Waals surface area (Å²) in [5.74, 6) is -1.46. The largest absolute Gasteiger partial charge is 0.353 e. The van der Waals surface area contributed by atoms with Crippen LogP contribution in [0.3, 0.4) is 0 Å². The van der Waals surface area contributed by atoms with Crippen LogP contribution in [-0.2, 0) is 4.79 Å². The Balaban J connectivity index is 1.69. The van der Waals surface area contributed by atoms with Crippen LogP contribution in [-0.4, -0.2) is 17.4 Å². The molecule has 1 aliphatic rings. The number of carbonyl (C=O) groups excluding carboxylic acids is 2. The van der Waals surface area contributed by atoms with Gasteiger partial charge in [0, 0.05) is 22.5 Å². The Morgan fingerprint density at radius 2 is 1.63 bits per heavy atom. The van der Waals surface area contributed by atoms with E-state index >= 15 is 0 Å². The normalized spacial score (nSPS) is 15.3. The first-order valence-corrected chi connectivity index (χ1v) is 11.9.